The van der Waals surface area contributed by atoms with E-state index in [4.69, 9.17) is 4.98 Å². The van der Waals surface area contributed by atoms with Crippen LogP contribution < -0.4 is 0 Å². The Kier molecular flexibility index (Phi) is 4.12. The molecule has 0 spiro atoms. The molecule has 0 saturated heterocycles. The van der Waals surface area contributed by atoms with Crippen LogP contribution in [-0.2, 0) is 0 Å². The maximum atomic E-state index is 4.85. The number of allylic oxidation sites excluding steroid dienone is 2. The van der Waals surface area contributed by atoms with Crippen molar-refractivity contribution in [2.75, 3.05) is 0 Å². The van der Waals surface area contributed by atoms with Crippen LogP contribution in [0, 0.1) is 11.8 Å². The van der Waals surface area contributed by atoms with E-state index in [-0.39, 0.29) is 6.04 Å². The number of benzene rings is 5. The Balaban J connectivity index is 1.27. The lowest BCUT2D eigenvalue weighted by molar-refractivity contribution is 0.661. The van der Waals surface area contributed by atoms with Crippen LogP contribution in [0.5, 0.6) is 0 Å². The summed E-state index contributed by atoms with van der Waals surface area (Å²) in [6.07, 6.45) is 5.20. The normalized spacial score (nSPS) is 15.5. The zero-order valence-electron chi connectivity index (χ0n) is 21.1. The predicted octanol–water partition coefficient (Wildman–Crippen LogP) is 9.18. The average molecular weight is 495 g/mol. The molecule has 1 atom stereocenters. The molecule has 2 heterocycles. The first-order valence-electron chi connectivity index (χ1n) is 13.5. The zero-order valence-corrected chi connectivity index (χ0v) is 21.1. The van der Waals surface area contributed by atoms with Gasteiger partial charge < -0.3 is 4.57 Å². The highest BCUT2D eigenvalue weighted by atomic mass is 15.0. The number of hydrogen-bond donors (Lipinski definition) is 0. The van der Waals surface area contributed by atoms with Gasteiger partial charge >= 0.3 is 0 Å². The molecular weight excluding hydrogens is 472 g/mol. The van der Waals surface area contributed by atoms with Gasteiger partial charge in [-0.15, -0.1) is 0 Å². The fourth-order valence-corrected chi connectivity index (χ4v) is 6.89. The van der Waals surface area contributed by atoms with Gasteiger partial charge in [-0.05, 0) is 56.8 Å². The van der Waals surface area contributed by atoms with Crippen molar-refractivity contribution in [2.24, 2.45) is 0 Å². The van der Waals surface area contributed by atoms with Gasteiger partial charge in [0.25, 0.3) is 0 Å². The number of hydrogen-bond acceptors (Lipinski definition) is 1. The van der Waals surface area contributed by atoms with Gasteiger partial charge in [0, 0.05) is 33.7 Å². The summed E-state index contributed by atoms with van der Waals surface area (Å²) in [4.78, 5) is 4.85. The standard InChI is InChI=1S/C37H22N2/c1-2-12-27-26(11-1)29-16-8-15-28-25(19-20-30(27)36(28)29)23-9-7-10-24(21-23)39-34-18-6-4-14-32(34)37-31-13-3-5-17-33(31)38-22-35(37)39/h1-6,8,11-22,24H,10H2. The quantitative estimate of drug-likeness (QED) is 0.219. The van der Waals surface area contributed by atoms with Crippen LogP contribution in [0.1, 0.15) is 18.0 Å². The van der Waals surface area contributed by atoms with E-state index in [1.165, 1.54) is 60.3 Å². The Morgan fingerprint density at radius 2 is 1.28 bits per heavy atom. The van der Waals surface area contributed by atoms with E-state index < -0.39 is 0 Å². The van der Waals surface area contributed by atoms with Crippen LogP contribution >= 0.6 is 0 Å². The van der Waals surface area contributed by atoms with Gasteiger partial charge in [0.2, 0.25) is 0 Å². The fraction of sp³-hybridized carbons (Fsp3) is 0.0541. The summed E-state index contributed by atoms with van der Waals surface area (Å²) in [5, 5.41) is 6.35. The van der Waals surface area contributed by atoms with Crippen molar-refractivity contribution in [2.45, 2.75) is 12.5 Å². The van der Waals surface area contributed by atoms with E-state index in [0.717, 1.165) is 23.0 Å². The molecule has 0 saturated carbocycles. The van der Waals surface area contributed by atoms with Crippen molar-refractivity contribution in [1.82, 2.24) is 9.55 Å². The van der Waals surface area contributed by atoms with Gasteiger partial charge in [-0.2, -0.15) is 0 Å². The van der Waals surface area contributed by atoms with E-state index in [2.05, 4.69) is 126 Å². The van der Waals surface area contributed by atoms with Crippen LogP contribution in [0.25, 0.3) is 71.3 Å². The van der Waals surface area contributed by atoms with E-state index in [0.29, 0.717) is 0 Å². The average Bonchev–Trinajstić information content (AvgIpc) is 3.52. The third-order valence-electron chi connectivity index (χ3n) is 8.51. The minimum Gasteiger partial charge on any atom is -0.331 e. The summed E-state index contributed by atoms with van der Waals surface area (Å²) in [5.74, 6) is 7.01. The second-order valence-corrected chi connectivity index (χ2v) is 10.5. The lowest BCUT2D eigenvalue weighted by atomic mass is 9.91. The van der Waals surface area contributed by atoms with Gasteiger partial charge in [-0.25, -0.2) is 0 Å². The first-order chi connectivity index (χ1) is 19.4. The molecule has 0 amide bonds. The Hall–Kier alpha value is -5.13. The van der Waals surface area contributed by atoms with Gasteiger partial charge in [-0.1, -0.05) is 103 Å². The number of rotatable bonds is 2. The summed E-state index contributed by atoms with van der Waals surface area (Å²) >= 11 is 0. The van der Waals surface area contributed by atoms with Gasteiger partial charge in [-0.3, -0.25) is 4.98 Å². The molecule has 2 aliphatic rings. The molecule has 7 aromatic rings. The molecular formula is C37H22N2. The molecule has 2 nitrogen and oxygen atoms in total. The summed E-state index contributed by atoms with van der Waals surface area (Å²) in [7, 11) is 0. The molecule has 0 fully saturated rings. The minimum atomic E-state index is 0.117. The largest absolute Gasteiger partial charge is 0.331 e. The molecule has 2 heteroatoms. The van der Waals surface area contributed by atoms with E-state index in [9.17, 15) is 0 Å². The number of pyridine rings is 1. The molecule has 0 N–H and O–H groups in total. The number of aromatic nitrogens is 2. The molecule has 180 valence electrons. The molecule has 9 rings (SSSR count). The third kappa shape index (κ3) is 2.79. The zero-order chi connectivity index (χ0) is 25.5. The highest BCUT2D eigenvalue weighted by Crippen LogP contribution is 2.49. The highest BCUT2D eigenvalue weighted by Gasteiger charge is 2.24. The van der Waals surface area contributed by atoms with Gasteiger partial charge in [0.1, 0.15) is 0 Å². The van der Waals surface area contributed by atoms with Crippen LogP contribution in [0.2, 0.25) is 0 Å². The summed E-state index contributed by atoms with van der Waals surface area (Å²) in [5.41, 5.74) is 11.0. The van der Waals surface area contributed by atoms with Crippen LogP contribution in [-0.4, -0.2) is 9.55 Å². The molecule has 2 aromatic heterocycles. The second-order valence-electron chi connectivity index (χ2n) is 10.5. The van der Waals surface area contributed by atoms with Gasteiger partial charge in [0.15, 0.2) is 0 Å². The Bertz CT molecular complexity index is 2240. The molecule has 1 unspecified atom stereocenters. The maximum Gasteiger partial charge on any atom is 0.0709 e. The topological polar surface area (TPSA) is 17.8 Å². The van der Waals surface area contributed by atoms with Crippen molar-refractivity contribution >= 4 is 49.1 Å². The van der Waals surface area contributed by atoms with Crippen molar-refractivity contribution in [3.8, 4) is 34.1 Å². The highest BCUT2D eigenvalue weighted by molar-refractivity contribution is 6.20. The molecule has 39 heavy (non-hydrogen) atoms. The SMILES string of the molecule is C1#CC(c2ccc3c4c(cccc24)-c2ccccc2-3)=CC(n2c3ccccc3c3c4ccccc4ncc32)C1. The smallest absolute Gasteiger partial charge is 0.0709 e. The molecule has 0 bridgehead atoms. The Morgan fingerprint density at radius 1 is 0.590 bits per heavy atom. The van der Waals surface area contributed by atoms with Gasteiger partial charge in [0.05, 0.1) is 23.3 Å². The molecule has 0 radical (unpaired) electrons. The number of para-hydroxylation sites is 2. The third-order valence-corrected chi connectivity index (χ3v) is 8.51. The fourth-order valence-electron chi connectivity index (χ4n) is 6.89. The number of nitrogens with zero attached hydrogens (tertiary/aromatic N) is 2. The van der Waals surface area contributed by atoms with Crippen LogP contribution in [0.4, 0.5) is 0 Å². The lowest BCUT2D eigenvalue weighted by Gasteiger charge is -2.20. The summed E-state index contributed by atoms with van der Waals surface area (Å²) in [6.45, 7) is 0. The lowest BCUT2D eigenvalue weighted by Crippen LogP contribution is -2.09. The Morgan fingerprint density at radius 3 is 2.18 bits per heavy atom. The predicted molar refractivity (Wildman–Crippen MR) is 163 cm³/mol. The first kappa shape index (κ1) is 20.9. The van der Waals surface area contributed by atoms with Crippen molar-refractivity contribution in [1.29, 1.82) is 0 Å². The van der Waals surface area contributed by atoms with Crippen LogP contribution in [0.3, 0.4) is 0 Å². The van der Waals surface area contributed by atoms with Crippen molar-refractivity contribution < 1.29 is 0 Å². The second kappa shape index (κ2) is 7.69. The monoisotopic (exact) mass is 494 g/mol. The summed E-state index contributed by atoms with van der Waals surface area (Å²) < 4.78 is 2.45. The summed E-state index contributed by atoms with van der Waals surface area (Å²) in [6, 6.07) is 37.3. The van der Waals surface area contributed by atoms with Crippen molar-refractivity contribution in [3.05, 3.63) is 121 Å². The van der Waals surface area contributed by atoms with Crippen LogP contribution in [0.15, 0.2) is 115 Å². The first-order valence-corrected chi connectivity index (χ1v) is 13.5. The maximum absolute atomic E-state index is 4.85. The Labute approximate surface area is 225 Å². The number of fused-ring (bicyclic) bond motifs is 8. The molecule has 2 aliphatic carbocycles. The minimum absolute atomic E-state index is 0.117. The molecule has 5 aromatic carbocycles. The van der Waals surface area contributed by atoms with E-state index in [1.54, 1.807) is 0 Å². The van der Waals surface area contributed by atoms with Crippen molar-refractivity contribution in [3.63, 3.8) is 0 Å². The van der Waals surface area contributed by atoms with E-state index in [1.807, 2.05) is 6.20 Å². The van der Waals surface area contributed by atoms with E-state index >= 15 is 0 Å². The molecule has 0 aliphatic heterocycles.